The quantitative estimate of drug-likeness (QED) is 0.889. The Morgan fingerprint density at radius 2 is 2.00 bits per heavy atom. The summed E-state index contributed by atoms with van der Waals surface area (Å²) in [5, 5.41) is 3.54. The van der Waals surface area contributed by atoms with E-state index in [1.807, 2.05) is 6.07 Å². The minimum absolute atomic E-state index is 0.133. The zero-order chi connectivity index (χ0) is 15.4. The molecule has 3 rings (SSSR count). The van der Waals surface area contributed by atoms with Crippen LogP contribution in [0.2, 0.25) is 0 Å². The summed E-state index contributed by atoms with van der Waals surface area (Å²) in [7, 11) is 0. The van der Waals surface area contributed by atoms with E-state index in [4.69, 9.17) is 0 Å². The molecule has 2 unspecified atom stereocenters. The molecular formula is C15H23N5OS. The fourth-order valence-corrected chi connectivity index (χ4v) is 4.09. The van der Waals surface area contributed by atoms with E-state index in [0.717, 1.165) is 51.5 Å². The maximum atomic E-state index is 11.3. The molecule has 0 aliphatic carbocycles. The Hall–Kier alpha value is -1.34. The summed E-state index contributed by atoms with van der Waals surface area (Å²) in [6.45, 7) is 7.30. The fourth-order valence-electron chi connectivity index (χ4n) is 3.00. The van der Waals surface area contributed by atoms with Gasteiger partial charge in [-0.15, -0.1) is 0 Å². The number of carbonyl (C=O) groups excluding carboxylic acids is 1. The molecule has 2 fully saturated rings. The minimum atomic E-state index is 0.133. The summed E-state index contributed by atoms with van der Waals surface area (Å²) in [5.41, 5.74) is 0. The molecule has 2 atom stereocenters. The van der Waals surface area contributed by atoms with E-state index in [0.29, 0.717) is 11.3 Å². The van der Waals surface area contributed by atoms with Gasteiger partial charge in [-0.2, -0.15) is 0 Å². The Morgan fingerprint density at radius 1 is 1.27 bits per heavy atom. The molecule has 1 N–H and O–H groups in total. The number of thioether (sulfide) groups is 1. The Kier molecular flexibility index (Phi) is 5.15. The van der Waals surface area contributed by atoms with Crippen molar-refractivity contribution in [3.63, 3.8) is 0 Å². The Balaban J connectivity index is 1.37. The summed E-state index contributed by atoms with van der Waals surface area (Å²) in [4.78, 5) is 24.7. The van der Waals surface area contributed by atoms with Crippen molar-refractivity contribution in [3.05, 3.63) is 18.5 Å². The first-order valence-corrected chi connectivity index (χ1v) is 8.82. The summed E-state index contributed by atoms with van der Waals surface area (Å²) in [5.74, 6) is 0.836. The third kappa shape index (κ3) is 3.89. The average Bonchev–Trinajstić information content (AvgIpc) is 2.87. The molecule has 0 bridgehead atoms. The van der Waals surface area contributed by atoms with Crippen LogP contribution in [0.5, 0.6) is 0 Å². The monoisotopic (exact) mass is 321 g/mol. The molecule has 22 heavy (non-hydrogen) atoms. The van der Waals surface area contributed by atoms with Gasteiger partial charge in [0.25, 0.3) is 5.24 Å². The van der Waals surface area contributed by atoms with Crippen LogP contribution < -0.4 is 10.2 Å². The number of hydrogen-bond acceptors (Lipinski definition) is 6. The molecular weight excluding hydrogens is 298 g/mol. The fraction of sp³-hybridized carbons (Fsp3) is 0.667. The molecule has 2 aliphatic heterocycles. The largest absolute Gasteiger partial charge is 0.343 e. The predicted octanol–water partition coefficient (Wildman–Crippen LogP) is 1.59. The lowest BCUT2D eigenvalue weighted by Gasteiger charge is -2.34. The molecule has 3 heterocycles. The number of carbonyl (C=O) groups is 1. The van der Waals surface area contributed by atoms with Gasteiger partial charge in [0.05, 0.1) is 0 Å². The number of rotatable bonds is 5. The lowest BCUT2D eigenvalue weighted by atomic mass is 10.1. The molecule has 2 saturated heterocycles. The first kappa shape index (κ1) is 15.6. The van der Waals surface area contributed by atoms with Crippen LogP contribution >= 0.6 is 11.8 Å². The second kappa shape index (κ2) is 7.28. The van der Waals surface area contributed by atoms with Crippen LogP contribution in [0.4, 0.5) is 10.7 Å². The van der Waals surface area contributed by atoms with Crippen molar-refractivity contribution in [2.45, 2.75) is 31.1 Å². The van der Waals surface area contributed by atoms with E-state index in [1.54, 1.807) is 12.4 Å². The molecule has 1 aromatic heterocycles. The molecule has 7 heteroatoms. The van der Waals surface area contributed by atoms with Crippen LogP contribution in [0.25, 0.3) is 0 Å². The first-order valence-electron chi connectivity index (χ1n) is 7.94. The highest BCUT2D eigenvalue weighted by atomic mass is 32.2. The van der Waals surface area contributed by atoms with Gasteiger partial charge in [-0.05, 0) is 32.4 Å². The van der Waals surface area contributed by atoms with Gasteiger partial charge >= 0.3 is 0 Å². The number of amides is 1. The van der Waals surface area contributed by atoms with E-state index in [2.05, 4.69) is 32.0 Å². The SMILES string of the molecule is CC1NC(=O)SC1CCCN1CCN(c2ncccn2)CC1. The van der Waals surface area contributed by atoms with Crippen LogP contribution in [0, 0.1) is 0 Å². The smallest absolute Gasteiger partial charge is 0.279 e. The van der Waals surface area contributed by atoms with Crippen molar-refractivity contribution in [3.8, 4) is 0 Å². The summed E-state index contributed by atoms with van der Waals surface area (Å²) in [6.07, 6.45) is 5.85. The highest BCUT2D eigenvalue weighted by Crippen LogP contribution is 2.27. The highest BCUT2D eigenvalue weighted by molar-refractivity contribution is 8.14. The van der Waals surface area contributed by atoms with Crippen molar-refractivity contribution in [2.75, 3.05) is 37.6 Å². The molecule has 120 valence electrons. The van der Waals surface area contributed by atoms with Gasteiger partial charge in [-0.25, -0.2) is 9.97 Å². The standard InChI is InChI=1S/C15H23N5OS/c1-12-13(22-15(21)18-12)4-2-7-19-8-10-20(11-9-19)14-16-5-3-6-17-14/h3,5-6,12-13H,2,4,7-11H2,1H3,(H,18,21). The molecule has 0 radical (unpaired) electrons. The lowest BCUT2D eigenvalue weighted by Crippen LogP contribution is -2.47. The molecule has 0 aromatic carbocycles. The number of nitrogens with one attached hydrogen (secondary N) is 1. The van der Waals surface area contributed by atoms with Crippen LogP contribution in [0.1, 0.15) is 19.8 Å². The lowest BCUT2D eigenvalue weighted by molar-refractivity contribution is 0.250. The number of hydrogen-bond donors (Lipinski definition) is 1. The van der Waals surface area contributed by atoms with Gasteiger partial charge < -0.3 is 10.2 Å². The Labute approximate surface area is 135 Å². The molecule has 2 aliphatic rings. The van der Waals surface area contributed by atoms with Crippen molar-refractivity contribution >= 4 is 22.9 Å². The van der Waals surface area contributed by atoms with Crippen LogP contribution in [0.15, 0.2) is 18.5 Å². The normalized spacial score (nSPS) is 26.2. The van der Waals surface area contributed by atoms with Crippen molar-refractivity contribution in [1.82, 2.24) is 20.2 Å². The third-order valence-corrected chi connectivity index (χ3v) is 5.61. The zero-order valence-corrected chi connectivity index (χ0v) is 13.8. The Morgan fingerprint density at radius 3 is 2.64 bits per heavy atom. The van der Waals surface area contributed by atoms with E-state index in [-0.39, 0.29) is 5.24 Å². The maximum absolute atomic E-state index is 11.3. The Bertz CT molecular complexity index is 492. The summed E-state index contributed by atoms with van der Waals surface area (Å²) < 4.78 is 0. The van der Waals surface area contributed by atoms with Gasteiger partial charge in [-0.1, -0.05) is 11.8 Å². The van der Waals surface area contributed by atoms with Gasteiger partial charge in [-0.3, -0.25) is 9.69 Å². The van der Waals surface area contributed by atoms with Crippen LogP contribution in [0.3, 0.4) is 0 Å². The maximum Gasteiger partial charge on any atom is 0.279 e. The molecule has 0 spiro atoms. The van der Waals surface area contributed by atoms with Crippen molar-refractivity contribution < 1.29 is 4.79 Å². The van der Waals surface area contributed by atoms with Crippen molar-refractivity contribution in [2.24, 2.45) is 0 Å². The number of piperazine rings is 1. The number of nitrogens with zero attached hydrogens (tertiary/aromatic N) is 4. The van der Waals surface area contributed by atoms with E-state index >= 15 is 0 Å². The van der Waals surface area contributed by atoms with Gasteiger partial charge in [0, 0.05) is 49.9 Å². The van der Waals surface area contributed by atoms with E-state index in [9.17, 15) is 4.79 Å². The first-order chi connectivity index (χ1) is 10.7. The minimum Gasteiger partial charge on any atom is -0.343 e. The second-order valence-corrected chi connectivity index (χ2v) is 7.11. The second-order valence-electron chi connectivity index (χ2n) is 5.90. The van der Waals surface area contributed by atoms with Crippen molar-refractivity contribution in [1.29, 1.82) is 0 Å². The van der Waals surface area contributed by atoms with Gasteiger partial charge in [0.2, 0.25) is 5.95 Å². The summed E-state index contributed by atoms with van der Waals surface area (Å²) >= 11 is 1.46. The average molecular weight is 321 g/mol. The van der Waals surface area contributed by atoms with Crippen LogP contribution in [-0.4, -0.2) is 64.1 Å². The molecule has 1 amide bonds. The van der Waals surface area contributed by atoms with E-state index < -0.39 is 0 Å². The van der Waals surface area contributed by atoms with E-state index in [1.165, 1.54) is 11.8 Å². The highest BCUT2D eigenvalue weighted by Gasteiger charge is 2.29. The third-order valence-electron chi connectivity index (χ3n) is 4.33. The topological polar surface area (TPSA) is 61.4 Å². The molecule has 6 nitrogen and oxygen atoms in total. The van der Waals surface area contributed by atoms with Gasteiger partial charge in [0.15, 0.2) is 0 Å². The predicted molar refractivity (Wildman–Crippen MR) is 89.3 cm³/mol. The summed E-state index contributed by atoms with van der Waals surface area (Å²) in [6, 6.07) is 2.16. The molecule has 0 saturated carbocycles. The number of anilines is 1. The number of aromatic nitrogens is 2. The molecule has 1 aromatic rings. The van der Waals surface area contributed by atoms with Crippen LogP contribution in [-0.2, 0) is 0 Å². The zero-order valence-electron chi connectivity index (χ0n) is 12.9. The van der Waals surface area contributed by atoms with Gasteiger partial charge in [0.1, 0.15) is 0 Å².